The van der Waals surface area contributed by atoms with Gasteiger partial charge < -0.3 is 10.1 Å². The standard InChI is InChI=1S/C16H14F3NO2/c1-22-15(10-3-2-4-11(17)7-10)9-20-16(21)13-6-5-12(18)8-14(13)19/h2-8,15H,9H2,1H3,(H,20,21)/t15-/m0/s1. The number of nitrogens with one attached hydrogen (secondary N) is 1. The van der Waals surface area contributed by atoms with Crippen molar-refractivity contribution in [3.05, 3.63) is 71.0 Å². The van der Waals surface area contributed by atoms with Crippen molar-refractivity contribution in [2.24, 2.45) is 0 Å². The quantitative estimate of drug-likeness (QED) is 0.921. The maximum Gasteiger partial charge on any atom is 0.254 e. The Morgan fingerprint density at radius 2 is 1.86 bits per heavy atom. The summed E-state index contributed by atoms with van der Waals surface area (Å²) in [5.74, 6) is -2.83. The van der Waals surface area contributed by atoms with Crippen molar-refractivity contribution in [1.82, 2.24) is 5.32 Å². The molecule has 0 aliphatic rings. The summed E-state index contributed by atoms with van der Waals surface area (Å²) in [6.45, 7) is 0.0234. The van der Waals surface area contributed by atoms with Crippen LogP contribution < -0.4 is 5.32 Å². The molecule has 0 heterocycles. The van der Waals surface area contributed by atoms with Gasteiger partial charge in [0.15, 0.2) is 0 Å². The third-order valence-electron chi connectivity index (χ3n) is 3.13. The van der Waals surface area contributed by atoms with Crippen LogP contribution in [0.3, 0.4) is 0 Å². The lowest BCUT2D eigenvalue weighted by Gasteiger charge is -2.16. The van der Waals surface area contributed by atoms with Crippen LogP contribution in [0.5, 0.6) is 0 Å². The van der Waals surface area contributed by atoms with Crippen LogP contribution in [0.4, 0.5) is 13.2 Å². The summed E-state index contributed by atoms with van der Waals surface area (Å²) in [4.78, 5) is 11.9. The predicted molar refractivity (Wildman–Crippen MR) is 74.8 cm³/mol. The van der Waals surface area contributed by atoms with E-state index >= 15 is 0 Å². The molecule has 116 valence electrons. The van der Waals surface area contributed by atoms with Gasteiger partial charge in [0, 0.05) is 19.7 Å². The summed E-state index contributed by atoms with van der Waals surface area (Å²) in [5.41, 5.74) is 0.276. The van der Waals surface area contributed by atoms with Gasteiger partial charge in [-0.1, -0.05) is 12.1 Å². The zero-order valence-electron chi connectivity index (χ0n) is 11.8. The van der Waals surface area contributed by atoms with Crippen molar-refractivity contribution >= 4 is 5.91 Å². The van der Waals surface area contributed by atoms with E-state index in [0.29, 0.717) is 11.6 Å². The minimum absolute atomic E-state index is 0.0234. The second-order valence-electron chi connectivity index (χ2n) is 4.61. The van der Waals surface area contributed by atoms with Crippen LogP contribution in [0, 0.1) is 17.5 Å². The zero-order valence-corrected chi connectivity index (χ0v) is 11.8. The molecule has 1 atom stereocenters. The summed E-state index contributed by atoms with van der Waals surface area (Å²) < 4.78 is 44.7. The average molecular weight is 309 g/mol. The first kappa shape index (κ1) is 16.0. The molecule has 2 aromatic rings. The summed E-state index contributed by atoms with van der Waals surface area (Å²) in [6.07, 6.45) is -0.580. The number of benzene rings is 2. The van der Waals surface area contributed by atoms with Gasteiger partial charge >= 0.3 is 0 Å². The predicted octanol–water partition coefficient (Wildman–Crippen LogP) is 3.22. The Balaban J connectivity index is 2.05. The largest absolute Gasteiger partial charge is 0.375 e. The Morgan fingerprint density at radius 1 is 1.14 bits per heavy atom. The lowest BCUT2D eigenvalue weighted by atomic mass is 10.1. The number of amides is 1. The first-order valence-electron chi connectivity index (χ1n) is 6.52. The number of methoxy groups -OCH3 is 1. The van der Waals surface area contributed by atoms with Gasteiger partial charge in [-0.05, 0) is 29.8 Å². The van der Waals surface area contributed by atoms with Crippen LogP contribution in [0.25, 0.3) is 0 Å². The highest BCUT2D eigenvalue weighted by molar-refractivity contribution is 5.94. The molecule has 1 amide bonds. The third-order valence-corrected chi connectivity index (χ3v) is 3.13. The van der Waals surface area contributed by atoms with E-state index < -0.39 is 29.5 Å². The molecule has 2 rings (SSSR count). The molecule has 0 fully saturated rings. The van der Waals surface area contributed by atoms with Gasteiger partial charge in [0.05, 0.1) is 11.7 Å². The van der Waals surface area contributed by atoms with E-state index in [1.807, 2.05) is 0 Å². The topological polar surface area (TPSA) is 38.3 Å². The minimum atomic E-state index is -0.947. The van der Waals surface area contributed by atoms with E-state index in [0.717, 1.165) is 12.1 Å². The van der Waals surface area contributed by atoms with E-state index in [1.54, 1.807) is 6.07 Å². The van der Waals surface area contributed by atoms with Crippen LogP contribution in [0.1, 0.15) is 22.0 Å². The van der Waals surface area contributed by atoms with E-state index in [2.05, 4.69) is 5.32 Å². The molecule has 0 radical (unpaired) electrons. The normalized spacial score (nSPS) is 12.0. The monoisotopic (exact) mass is 309 g/mol. The van der Waals surface area contributed by atoms with E-state index in [-0.39, 0.29) is 12.1 Å². The molecule has 6 heteroatoms. The zero-order chi connectivity index (χ0) is 16.1. The van der Waals surface area contributed by atoms with E-state index in [9.17, 15) is 18.0 Å². The molecule has 0 bridgehead atoms. The molecule has 0 aliphatic carbocycles. The summed E-state index contributed by atoms with van der Waals surface area (Å²) in [7, 11) is 1.42. The number of ether oxygens (including phenoxy) is 1. The molecular weight excluding hydrogens is 295 g/mol. The Labute approximate surface area is 125 Å². The lowest BCUT2D eigenvalue weighted by Crippen LogP contribution is -2.29. The van der Waals surface area contributed by atoms with Gasteiger partial charge in [-0.15, -0.1) is 0 Å². The van der Waals surface area contributed by atoms with Gasteiger partial charge in [-0.2, -0.15) is 0 Å². The highest BCUT2D eigenvalue weighted by Gasteiger charge is 2.16. The molecule has 22 heavy (non-hydrogen) atoms. The maximum absolute atomic E-state index is 13.5. The molecule has 0 aliphatic heterocycles. The maximum atomic E-state index is 13.5. The molecular formula is C16H14F3NO2. The van der Waals surface area contributed by atoms with Crippen LogP contribution in [-0.2, 0) is 4.74 Å². The van der Waals surface area contributed by atoms with E-state index in [4.69, 9.17) is 4.74 Å². The Hall–Kier alpha value is -2.34. The number of carbonyl (C=O) groups is 1. The molecule has 0 spiro atoms. The number of hydrogen-bond acceptors (Lipinski definition) is 2. The van der Waals surface area contributed by atoms with Crippen LogP contribution in [0.15, 0.2) is 42.5 Å². The average Bonchev–Trinajstić information content (AvgIpc) is 2.47. The number of rotatable bonds is 5. The fourth-order valence-corrected chi connectivity index (χ4v) is 2.00. The molecule has 0 saturated carbocycles. The second kappa shape index (κ2) is 7.09. The van der Waals surface area contributed by atoms with Gasteiger partial charge in [-0.3, -0.25) is 4.79 Å². The van der Waals surface area contributed by atoms with Gasteiger partial charge in [-0.25, -0.2) is 13.2 Å². The molecule has 3 nitrogen and oxygen atoms in total. The van der Waals surface area contributed by atoms with Gasteiger partial charge in [0.1, 0.15) is 17.5 Å². The summed E-state index contributed by atoms with van der Waals surface area (Å²) in [6, 6.07) is 8.46. The van der Waals surface area contributed by atoms with Crippen molar-refractivity contribution in [1.29, 1.82) is 0 Å². The minimum Gasteiger partial charge on any atom is -0.375 e. The van der Waals surface area contributed by atoms with Crippen molar-refractivity contribution in [3.63, 3.8) is 0 Å². The van der Waals surface area contributed by atoms with Crippen LogP contribution in [-0.4, -0.2) is 19.6 Å². The van der Waals surface area contributed by atoms with Gasteiger partial charge in [0.2, 0.25) is 0 Å². The molecule has 2 aromatic carbocycles. The third kappa shape index (κ3) is 3.85. The number of hydrogen-bond donors (Lipinski definition) is 1. The molecule has 1 N–H and O–H groups in total. The van der Waals surface area contributed by atoms with E-state index in [1.165, 1.54) is 25.3 Å². The first-order chi connectivity index (χ1) is 10.5. The van der Waals surface area contributed by atoms with Crippen molar-refractivity contribution in [3.8, 4) is 0 Å². The van der Waals surface area contributed by atoms with Crippen molar-refractivity contribution in [2.75, 3.05) is 13.7 Å². The fourth-order valence-electron chi connectivity index (χ4n) is 2.00. The van der Waals surface area contributed by atoms with Gasteiger partial charge in [0.25, 0.3) is 5.91 Å². The molecule has 0 unspecified atom stereocenters. The Morgan fingerprint density at radius 3 is 2.50 bits per heavy atom. The first-order valence-corrected chi connectivity index (χ1v) is 6.52. The smallest absolute Gasteiger partial charge is 0.254 e. The summed E-state index contributed by atoms with van der Waals surface area (Å²) in [5, 5.41) is 2.48. The Bertz CT molecular complexity index is 676. The van der Waals surface area contributed by atoms with Crippen molar-refractivity contribution in [2.45, 2.75) is 6.10 Å². The number of halogens is 3. The van der Waals surface area contributed by atoms with Crippen LogP contribution in [0.2, 0.25) is 0 Å². The second-order valence-corrected chi connectivity index (χ2v) is 4.61. The SMILES string of the molecule is CO[C@@H](CNC(=O)c1ccc(F)cc1F)c1cccc(F)c1. The highest BCUT2D eigenvalue weighted by atomic mass is 19.1. The van der Waals surface area contributed by atoms with Crippen LogP contribution >= 0.6 is 0 Å². The van der Waals surface area contributed by atoms with Crippen molar-refractivity contribution < 1.29 is 22.7 Å². The molecule has 0 aromatic heterocycles. The highest BCUT2D eigenvalue weighted by Crippen LogP contribution is 2.17. The molecule has 0 saturated heterocycles. The fraction of sp³-hybridized carbons (Fsp3) is 0.188. The number of carbonyl (C=O) groups excluding carboxylic acids is 1. The Kier molecular flexibility index (Phi) is 5.16. The lowest BCUT2D eigenvalue weighted by molar-refractivity contribution is 0.0824. The summed E-state index contributed by atoms with van der Waals surface area (Å²) >= 11 is 0.